The standard InChI is InChI=1S/C23H27N3O3S2/c1-15-13-20-21(14-16(15)2)30-23(25(20)3)24-22(27)17-9-11-19(12-10-17)31(28,29)26(4)18-7-5-6-8-18/h9-14,18H,5-8H2,1-4H3. The molecule has 0 N–H and O–H groups in total. The molecule has 0 spiro atoms. The number of sulfonamides is 1. The predicted molar refractivity (Wildman–Crippen MR) is 124 cm³/mol. The van der Waals surface area contributed by atoms with Gasteiger partial charge in [0, 0.05) is 25.7 Å². The first-order valence-corrected chi connectivity index (χ1v) is 12.7. The zero-order chi connectivity index (χ0) is 22.3. The fourth-order valence-corrected chi connectivity index (χ4v) is 6.55. The molecule has 0 radical (unpaired) electrons. The summed E-state index contributed by atoms with van der Waals surface area (Å²) in [4.78, 5) is 17.9. The summed E-state index contributed by atoms with van der Waals surface area (Å²) in [7, 11) is -0.0261. The van der Waals surface area contributed by atoms with Crippen molar-refractivity contribution in [2.24, 2.45) is 12.0 Å². The minimum absolute atomic E-state index is 0.0570. The van der Waals surface area contributed by atoms with Crippen LogP contribution in [0.25, 0.3) is 10.2 Å². The Morgan fingerprint density at radius 2 is 1.71 bits per heavy atom. The van der Waals surface area contributed by atoms with Gasteiger partial charge in [0.2, 0.25) is 10.0 Å². The smallest absolute Gasteiger partial charge is 0.279 e. The third-order valence-electron chi connectivity index (χ3n) is 6.24. The minimum Gasteiger partial charge on any atom is -0.319 e. The van der Waals surface area contributed by atoms with Crippen molar-refractivity contribution in [2.45, 2.75) is 50.5 Å². The van der Waals surface area contributed by atoms with Gasteiger partial charge in [0.1, 0.15) is 0 Å². The van der Waals surface area contributed by atoms with E-state index in [1.165, 1.54) is 38.9 Å². The molecule has 6 nitrogen and oxygen atoms in total. The van der Waals surface area contributed by atoms with Gasteiger partial charge in [0.25, 0.3) is 5.91 Å². The second-order valence-electron chi connectivity index (χ2n) is 8.25. The number of thiazole rings is 1. The molecule has 1 aliphatic rings. The number of benzene rings is 2. The van der Waals surface area contributed by atoms with Gasteiger partial charge in [-0.15, -0.1) is 0 Å². The van der Waals surface area contributed by atoms with E-state index in [0.717, 1.165) is 35.9 Å². The van der Waals surface area contributed by atoms with Crippen LogP contribution in [0.15, 0.2) is 46.3 Å². The van der Waals surface area contributed by atoms with Crippen LogP contribution in [0.1, 0.15) is 47.2 Å². The maximum absolute atomic E-state index is 12.9. The summed E-state index contributed by atoms with van der Waals surface area (Å²) >= 11 is 1.47. The maximum atomic E-state index is 12.9. The topological polar surface area (TPSA) is 71.7 Å². The molecule has 1 heterocycles. The molecule has 0 aliphatic heterocycles. The zero-order valence-corrected chi connectivity index (χ0v) is 19.9. The monoisotopic (exact) mass is 457 g/mol. The number of amides is 1. The minimum atomic E-state index is -3.57. The Morgan fingerprint density at radius 1 is 1.10 bits per heavy atom. The highest BCUT2D eigenvalue weighted by atomic mass is 32.2. The van der Waals surface area contributed by atoms with Crippen LogP contribution in [-0.2, 0) is 17.1 Å². The molecular formula is C23H27N3O3S2. The van der Waals surface area contributed by atoms with Gasteiger partial charge in [-0.05, 0) is 74.2 Å². The summed E-state index contributed by atoms with van der Waals surface area (Å²) in [5, 5.41) is 0. The van der Waals surface area contributed by atoms with Crippen molar-refractivity contribution in [2.75, 3.05) is 7.05 Å². The zero-order valence-electron chi connectivity index (χ0n) is 18.3. The molecule has 1 aliphatic carbocycles. The van der Waals surface area contributed by atoms with Gasteiger partial charge in [0.05, 0.1) is 15.1 Å². The number of carbonyl (C=O) groups is 1. The third kappa shape index (κ3) is 4.12. The first kappa shape index (κ1) is 21.9. The van der Waals surface area contributed by atoms with Crippen molar-refractivity contribution in [3.8, 4) is 0 Å². The number of nitrogens with zero attached hydrogens (tertiary/aromatic N) is 3. The highest BCUT2D eigenvalue weighted by Gasteiger charge is 2.30. The maximum Gasteiger partial charge on any atom is 0.279 e. The van der Waals surface area contributed by atoms with E-state index in [1.807, 2.05) is 11.6 Å². The number of hydrogen-bond donors (Lipinski definition) is 0. The van der Waals surface area contributed by atoms with E-state index in [2.05, 4.69) is 31.0 Å². The van der Waals surface area contributed by atoms with Crippen LogP contribution in [0.3, 0.4) is 0 Å². The van der Waals surface area contributed by atoms with Crippen LogP contribution < -0.4 is 4.80 Å². The Hall–Kier alpha value is -2.29. The Morgan fingerprint density at radius 3 is 2.35 bits per heavy atom. The second-order valence-corrected chi connectivity index (χ2v) is 11.3. The Balaban J connectivity index is 1.62. The van der Waals surface area contributed by atoms with Crippen molar-refractivity contribution in [1.82, 2.24) is 8.87 Å². The number of hydrogen-bond acceptors (Lipinski definition) is 4. The van der Waals surface area contributed by atoms with Crippen LogP contribution in [0.5, 0.6) is 0 Å². The molecule has 1 fully saturated rings. The molecule has 1 saturated carbocycles. The van der Waals surface area contributed by atoms with E-state index in [4.69, 9.17) is 0 Å². The van der Waals surface area contributed by atoms with Crippen LogP contribution >= 0.6 is 11.3 Å². The summed E-state index contributed by atoms with van der Waals surface area (Å²) < 4.78 is 30.3. The predicted octanol–water partition coefficient (Wildman–Crippen LogP) is 4.16. The summed E-state index contributed by atoms with van der Waals surface area (Å²) in [6.07, 6.45) is 3.92. The molecule has 0 unspecified atom stereocenters. The number of fused-ring (bicyclic) bond motifs is 1. The Bertz CT molecular complexity index is 1310. The molecule has 0 bridgehead atoms. The fourth-order valence-electron chi connectivity index (χ4n) is 4.04. The molecule has 4 rings (SSSR count). The summed E-state index contributed by atoms with van der Waals surface area (Å²) in [5.74, 6) is -0.385. The highest BCUT2D eigenvalue weighted by molar-refractivity contribution is 7.89. The number of rotatable bonds is 4. The van der Waals surface area contributed by atoms with Gasteiger partial charge in [-0.3, -0.25) is 4.79 Å². The van der Waals surface area contributed by atoms with Gasteiger partial charge in [0.15, 0.2) is 4.80 Å². The van der Waals surface area contributed by atoms with E-state index < -0.39 is 10.0 Å². The van der Waals surface area contributed by atoms with Gasteiger partial charge in [-0.1, -0.05) is 24.2 Å². The summed E-state index contributed by atoms with van der Waals surface area (Å²) in [5.41, 5.74) is 3.80. The van der Waals surface area contributed by atoms with E-state index in [9.17, 15) is 13.2 Å². The lowest BCUT2D eigenvalue weighted by Gasteiger charge is -2.23. The third-order valence-corrected chi connectivity index (χ3v) is 9.26. The quantitative estimate of drug-likeness (QED) is 0.591. The van der Waals surface area contributed by atoms with Crippen LogP contribution in [0.4, 0.5) is 0 Å². The van der Waals surface area contributed by atoms with Gasteiger partial charge < -0.3 is 4.57 Å². The highest BCUT2D eigenvalue weighted by Crippen LogP contribution is 2.27. The van der Waals surface area contributed by atoms with Crippen molar-refractivity contribution >= 4 is 37.5 Å². The lowest BCUT2D eigenvalue weighted by molar-refractivity contribution is 0.0998. The molecule has 0 atom stereocenters. The summed E-state index contributed by atoms with van der Waals surface area (Å²) in [6.45, 7) is 4.13. The van der Waals surface area contributed by atoms with E-state index >= 15 is 0 Å². The van der Waals surface area contributed by atoms with Crippen LogP contribution in [0.2, 0.25) is 0 Å². The van der Waals surface area contributed by atoms with Crippen molar-refractivity contribution in [1.29, 1.82) is 0 Å². The number of aryl methyl sites for hydroxylation is 3. The van der Waals surface area contributed by atoms with Crippen molar-refractivity contribution < 1.29 is 13.2 Å². The first-order chi connectivity index (χ1) is 14.7. The Kier molecular flexibility index (Phi) is 5.89. The molecule has 31 heavy (non-hydrogen) atoms. The Labute approximate surface area is 186 Å². The number of aromatic nitrogens is 1. The van der Waals surface area contributed by atoms with E-state index in [-0.39, 0.29) is 16.8 Å². The first-order valence-electron chi connectivity index (χ1n) is 10.4. The van der Waals surface area contributed by atoms with E-state index in [0.29, 0.717) is 10.4 Å². The molecule has 3 aromatic rings. The van der Waals surface area contributed by atoms with Crippen molar-refractivity contribution in [3.05, 3.63) is 57.9 Å². The van der Waals surface area contributed by atoms with E-state index in [1.54, 1.807) is 19.2 Å². The lowest BCUT2D eigenvalue weighted by atomic mass is 10.1. The SMILES string of the molecule is Cc1cc2sc(=NC(=O)c3ccc(S(=O)(=O)N(C)C4CCCC4)cc3)n(C)c2cc1C. The van der Waals surface area contributed by atoms with Crippen LogP contribution in [-0.4, -0.2) is 36.3 Å². The molecule has 0 saturated heterocycles. The molecule has 2 aromatic carbocycles. The summed E-state index contributed by atoms with van der Waals surface area (Å²) in [6, 6.07) is 10.4. The van der Waals surface area contributed by atoms with Crippen LogP contribution in [0, 0.1) is 13.8 Å². The average molecular weight is 458 g/mol. The lowest BCUT2D eigenvalue weighted by Crippen LogP contribution is -2.35. The second kappa shape index (κ2) is 8.33. The van der Waals surface area contributed by atoms with Crippen molar-refractivity contribution in [3.63, 3.8) is 0 Å². The molecule has 164 valence electrons. The van der Waals surface area contributed by atoms with Gasteiger partial charge in [-0.25, -0.2) is 8.42 Å². The molecule has 1 amide bonds. The van der Waals surface area contributed by atoms with Gasteiger partial charge >= 0.3 is 0 Å². The average Bonchev–Trinajstić information content (AvgIpc) is 3.38. The molecule has 1 aromatic heterocycles. The number of carbonyl (C=O) groups excluding carboxylic acids is 1. The molecular weight excluding hydrogens is 430 g/mol. The molecule has 8 heteroatoms. The van der Waals surface area contributed by atoms with Gasteiger partial charge in [-0.2, -0.15) is 9.30 Å². The normalized spacial score (nSPS) is 16.0. The fraction of sp³-hybridized carbons (Fsp3) is 0.391. The largest absolute Gasteiger partial charge is 0.319 e.